The minimum atomic E-state index is 0.563. The quantitative estimate of drug-likeness (QED) is 0.882. The lowest BCUT2D eigenvalue weighted by Crippen LogP contribution is -2.15. The maximum atomic E-state index is 4.32. The van der Waals surface area contributed by atoms with E-state index >= 15 is 0 Å². The Balaban J connectivity index is 1.74. The number of benzene rings is 1. The molecule has 110 valence electrons. The molecule has 1 aromatic carbocycles. The molecular weight excluding hydrogens is 260 g/mol. The second-order valence-corrected chi connectivity index (χ2v) is 5.86. The van der Waals surface area contributed by atoms with Crippen molar-refractivity contribution in [1.29, 1.82) is 0 Å². The van der Waals surface area contributed by atoms with Crippen LogP contribution in [-0.2, 0) is 0 Å². The Kier molecular flexibility index (Phi) is 4.04. The summed E-state index contributed by atoms with van der Waals surface area (Å²) in [6.07, 6.45) is 6.73. The third-order valence-corrected chi connectivity index (χ3v) is 4.03. The first-order chi connectivity index (χ1) is 10.2. The maximum Gasteiger partial charge on any atom is 0.135 e. The molecule has 1 fully saturated rings. The minimum Gasteiger partial charge on any atom is -0.367 e. The van der Waals surface area contributed by atoms with Crippen LogP contribution in [0.3, 0.4) is 0 Å². The van der Waals surface area contributed by atoms with Gasteiger partial charge in [0.25, 0.3) is 0 Å². The molecule has 1 aromatic heterocycles. The Morgan fingerprint density at radius 2 is 1.76 bits per heavy atom. The van der Waals surface area contributed by atoms with E-state index in [-0.39, 0.29) is 0 Å². The molecule has 21 heavy (non-hydrogen) atoms. The molecule has 1 aliphatic rings. The topological polar surface area (TPSA) is 49.8 Å². The lowest BCUT2D eigenvalue weighted by Gasteiger charge is -2.14. The fourth-order valence-corrected chi connectivity index (χ4v) is 2.79. The Labute approximate surface area is 126 Å². The lowest BCUT2D eigenvalue weighted by atomic mass is 10.1. The summed E-state index contributed by atoms with van der Waals surface area (Å²) >= 11 is 0. The molecule has 0 aliphatic heterocycles. The molecule has 0 bridgehead atoms. The van der Waals surface area contributed by atoms with Crippen molar-refractivity contribution in [3.63, 3.8) is 0 Å². The van der Waals surface area contributed by atoms with Crippen molar-refractivity contribution in [3.8, 4) is 0 Å². The molecule has 2 N–H and O–H groups in total. The molecule has 1 saturated carbocycles. The molecule has 0 atom stereocenters. The van der Waals surface area contributed by atoms with Crippen LogP contribution in [0.15, 0.2) is 30.6 Å². The van der Waals surface area contributed by atoms with Gasteiger partial charge in [0.05, 0.1) is 0 Å². The zero-order chi connectivity index (χ0) is 14.7. The first-order valence-corrected chi connectivity index (χ1v) is 7.63. The van der Waals surface area contributed by atoms with Crippen LogP contribution in [0.2, 0.25) is 0 Å². The second kappa shape index (κ2) is 6.12. The van der Waals surface area contributed by atoms with E-state index in [4.69, 9.17) is 0 Å². The van der Waals surface area contributed by atoms with Crippen LogP contribution in [0.25, 0.3) is 0 Å². The summed E-state index contributed by atoms with van der Waals surface area (Å²) in [5.41, 5.74) is 3.55. The Morgan fingerprint density at radius 3 is 2.57 bits per heavy atom. The molecule has 0 radical (unpaired) electrons. The summed E-state index contributed by atoms with van der Waals surface area (Å²) in [5.74, 6) is 1.74. The van der Waals surface area contributed by atoms with Crippen LogP contribution >= 0.6 is 0 Å². The van der Waals surface area contributed by atoms with Gasteiger partial charge >= 0.3 is 0 Å². The van der Waals surface area contributed by atoms with E-state index in [1.165, 1.54) is 36.8 Å². The molecule has 1 heterocycles. The van der Waals surface area contributed by atoms with E-state index in [2.05, 4.69) is 52.6 Å². The highest BCUT2D eigenvalue weighted by molar-refractivity contribution is 5.63. The monoisotopic (exact) mass is 282 g/mol. The second-order valence-electron chi connectivity index (χ2n) is 5.86. The average molecular weight is 282 g/mol. The molecule has 1 aliphatic carbocycles. The number of aryl methyl sites for hydroxylation is 2. The van der Waals surface area contributed by atoms with E-state index in [9.17, 15) is 0 Å². The number of hydrogen-bond acceptors (Lipinski definition) is 4. The average Bonchev–Trinajstić information content (AvgIpc) is 2.96. The number of rotatable bonds is 4. The van der Waals surface area contributed by atoms with Crippen molar-refractivity contribution in [2.45, 2.75) is 45.6 Å². The number of aromatic nitrogens is 2. The predicted molar refractivity (Wildman–Crippen MR) is 87.1 cm³/mol. The Bertz CT molecular complexity index is 618. The molecular formula is C17H22N4. The zero-order valence-corrected chi connectivity index (χ0v) is 12.7. The molecule has 0 saturated heterocycles. The number of nitrogens with zero attached hydrogens (tertiary/aromatic N) is 2. The third-order valence-electron chi connectivity index (χ3n) is 4.03. The van der Waals surface area contributed by atoms with Crippen molar-refractivity contribution in [1.82, 2.24) is 9.97 Å². The van der Waals surface area contributed by atoms with Gasteiger partial charge in [-0.15, -0.1) is 0 Å². The number of nitrogens with one attached hydrogen (secondary N) is 2. The van der Waals surface area contributed by atoms with Gasteiger partial charge in [0, 0.05) is 17.8 Å². The highest BCUT2D eigenvalue weighted by Crippen LogP contribution is 2.24. The summed E-state index contributed by atoms with van der Waals surface area (Å²) in [5, 5.41) is 6.89. The molecule has 0 unspecified atom stereocenters. The molecule has 4 heteroatoms. The highest BCUT2D eigenvalue weighted by Gasteiger charge is 2.15. The van der Waals surface area contributed by atoms with Gasteiger partial charge in [0.15, 0.2) is 0 Å². The first kappa shape index (κ1) is 13.9. The predicted octanol–water partition coefficient (Wildman–Crippen LogP) is 4.19. The molecule has 3 rings (SSSR count). The molecule has 0 amide bonds. The standard InChI is InChI=1S/C17H22N4/c1-12-7-8-13(2)15(9-12)21-17-10-16(18-11-19-17)20-14-5-3-4-6-14/h7-11,14H,3-6H2,1-2H3,(H2,18,19,20,21). The van der Waals surface area contributed by atoms with E-state index in [0.717, 1.165) is 17.3 Å². The third kappa shape index (κ3) is 3.51. The fourth-order valence-electron chi connectivity index (χ4n) is 2.79. The Morgan fingerprint density at radius 1 is 1.00 bits per heavy atom. The van der Waals surface area contributed by atoms with E-state index in [1.54, 1.807) is 6.33 Å². The van der Waals surface area contributed by atoms with Crippen molar-refractivity contribution in [2.75, 3.05) is 10.6 Å². The largest absolute Gasteiger partial charge is 0.367 e. The van der Waals surface area contributed by atoms with Crippen molar-refractivity contribution < 1.29 is 0 Å². The van der Waals surface area contributed by atoms with E-state index in [1.807, 2.05) is 6.07 Å². The molecule has 0 spiro atoms. The van der Waals surface area contributed by atoms with Gasteiger partial charge in [-0.1, -0.05) is 25.0 Å². The SMILES string of the molecule is Cc1ccc(C)c(Nc2cc(NC3CCCC3)ncn2)c1. The summed E-state index contributed by atoms with van der Waals surface area (Å²) in [6, 6.07) is 8.93. The van der Waals surface area contributed by atoms with Crippen LogP contribution in [0, 0.1) is 13.8 Å². The zero-order valence-electron chi connectivity index (χ0n) is 12.7. The van der Waals surface area contributed by atoms with Gasteiger partial charge in [-0.3, -0.25) is 0 Å². The van der Waals surface area contributed by atoms with Gasteiger partial charge < -0.3 is 10.6 Å². The van der Waals surface area contributed by atoms with Gasteiger partial charge in [-0.2, -0.15) is 0 Å². The normalized spacial score (nSPS) is 15.1. The van der Waals surface area contributed by atoms with Crippen molar-refractivity contribution in [3.05, 3.63) is 41.7 Å². The van der Waals surface area contributed by atoms with Crippen molar-refractivity contribution in [2.24, 2.45) is 0 Å². The highest BCUT2D eigenvalue weighted by atomic mass is 15.1. The van der Waals surface area contributed by atoms with Gasteiger partial charge in [-0.05, 0) is 43.9 Å². The van der Waals surface area contributed by atoms with E-state index in [0.29, 0.717) is 6.04 Å². The summed E-state index contributed by atoms with van der Waals surface area (Å²) in [4.78, 5) is 8.64. The molecule has 4 nitrogen and oxygen atoms in total. The lowest BCUT2D eigenvalue weighted by molar-refractivity contribution is 0.750. The number of anilines is 3. The maximum absolute atomic E-state index is 4.32. The summed E-state index contributed by atoms with van der Waals surface area (Å²) < 4.78 is 0. The van der Waals surface area contributed by atoms with Crippen LogP contribution in [-0.4, -0.2) is 16.0 Å². The van der Waals surface area contributed by atoms with Crippen LogP contribution in [0.4, 0.5) is 17.3 Å². The van der Waals surface area contributed by atoms with Crippen LogP contribution < -0.4 is 10.6 Å². The summed E-state index contributed by atoms with van der Waals surface area (Å²) in [7, 11) is 0. The van der Waals surface area contributed by atoms with Gasteiger partial charge in [0.2, 0.25) is 0 Å². The van der Waals surface area contributed by atoms with E-state index < -0.39 is 0 Å². The van der Waals surface area contributed by atoms with Crippen molar-refractivity contribution >= 4 is 17.3 Å². The fraction of sp³-hybridized carbons (Fsp3) is 0.412. The van der Waals surface area contributed by atoms with Gasteiger partial charge in [-0.25, -0.2) is 9.97 Å². The van der Waals surface area contributed by atoms with Crippen LogP contribution in [0.1, 0.15) is 36.8 Å². The van der Waals surface area contributed by atoms with Crippen LogP contribution in [0.5, 0.6) is 0 Å². The first-order valence-electron chi connectivity index (χ1n) is 7.63. The van der Waals surface area contributed by atoms with Gasteiger partial charge in [0.1, 0.15) is 18.0 Å². The number of hydrogen-bond donors (Lipinski definition) is 2. The minimum absolute atomic E-state index is 0.563. The Hall–Kier alpha value is -2.10. The summed E-state index contributed by atoms with van der Waals surface area (Å²) in [6.45, 7) is 4.19. The smallest absolute Gasteiger partial charge is 0.135 e. The molecule has 2 aromatic rings.